The van der Waals surface area contributed by atoms with Gasteiger partial charge in [0.05, 0.1) is 12.6 Å². The summed E-state index contributed by atoms with van der Waals surface area (Å²) in [5.41, 5.74) is 1.11. The van der Waals surface area contributed by atoms with Crippen LogP contribution in [-0.2, 0) is 6.54 Å². The maximum atomic E-state index is 8.72. The first-order chi connectivity index (χ1) is 7.79. The zero-order chi connectivity index (χ0) is 11.4. The van der Waals surface area contributed by atoms with E-state index in [4.69, 9.17) is 5.26 Å². The number of benzene rings is 1. The molecule has 16 heavy (non-hydrogen) atoms. The van der Waals surface area contributed by atoms with Gasteiger partial charge in [0.1, 0.15) is 5.92 Å². The molecule has 0 aliphatic rings. The second kappa shape index (κ2) is 4.53. The molecule has 2 rings (SSSR count). The summed E-state index contributed by atoms with van der Waals surface area (Å²) >= 11 is 0. The van der Waals surface area contributed by atoms with E-state index in [0.717, 1.165) is 5.56 Å². The highest BCUT2D eigenvalue weighted by molar-refractivity contribution is 5.14. The van der Waals surface area contributed by atoms with Crippen molar-refractivity contribution in [2.75, 3.05) is 0 Å². The van der Waals surface area contributed by atoms with Gasteiger partial charge in [0.25, 0.3) is 0 Å². The van der Waals surface area contributed by atoms with Crippen LogP contribution >= 0.6 is 0 Å². The molecule has 5 heteroatoms. The summed E-state index contributed by atoms with van der Waals surface area (Å²) in [7, 11) is 0. The van der Waals surface area contributed by atoms with Crippen LogP contribution in [0.15, 0.2) is 30.3 Å². The molecule has 0 radical (unpaired) electrons. The Morgan fingerprint density at radius 2 is 2.12 bits per heavy atom. The Labute approximate surface area is 93.3 Å². The number of hydrogen-bond donors (Lipinski definition) is 0. The third-order valence-electron chi connectivity index (χ3n) is 2.22. The molecule has 0 aliphatic carbocycles. The minimum Gasteiger partial charge on any atom is -0.198 e. The van der Waals surface area contributed by atoms with Crippen molar-refractivity contribution < 1.29 is 0 Å². The van der Waals surface area contributed by atoms with Gasteiger partial charge in [-0.05, 0) is 17.7 Å². The zero-order valence-electron chi connectivity index (χ0n) is 8.91. The van der Waals surface area contributed by atoms with E-state index >= 15 is 0 Å². The van der Waals surface area contributed by atoms with E-state index in [2.05, 4.69) is 21.5 Å². The van der Waals surface area contributed by atoms with E-state index in [0.29, 0.717) is 12.4 Å². The highest BCUT2D eigenvalue weighted by atomic mass is 15.6. The second-order valence-electron chi connectivity index (χ2n) is 3.51. The highest BCUT2D eigenvalue weighted by Crippen LogP contribution is 2.06. The summed E-state index contributed by atoms with van der Waals surface area (Å²) < 4.78 is 0. The maximum Gasteiger partial charge on any atom is 0.191 e. The van der Waals surface area contributed by atoms with Gasteiger partial charge in [-0.1, -0.05) is 30.3 Å². The molecule has 0 fully saturated rings. The number of nitriles is 1. The van der Waals surface area contributed by atoms with Crippen LogP contribution in [0.25, 0.3) is 0 Å². The lowest BCUT2D eigenvalue weighted by Crippen LogP contribution is -2.04. The van der Waals surface area contributed by atoms with Gasteiger partial charge in [0.15, 0.2) is 5.82 Å². The fraction of sp³-hybridized carbons (Fsp3) is 0.273. The molecule has 1 aromatic carbocycles. The number of rotatable bonds is 3. The Morgan fingerprint density at radius 3 is 2.81 bits per heavy atom. The van der Waals surface area contributed by atoms with Crippen molar-refractivity contribution in [2.24, 2.45) is 0 Å². The van der Waals surface area contributed by atoms with Crippen molar-refractivity contribution in [1.29, 1.82) is 5.26 Å². The summed E-state index contributed by atoms with van der Waals surface area (Å²) in [5.74, 6) is 0.156. The Morgan fingerprint density at radius 1 is 1.38 bits per heavy atom. The first-order valence-electron chi connectivity index (χ1n) is 5.01. The molecule has 0 spiro atoms. The first-order valence-corrected chi connectivity index (χ1v) is 5.01. The summed E-state index contributed by atoms with van der Waals surface area (Å²) in [6, 6.07) is 12.0. The molecule has 80 valence electrons. The average molecular weight is 213 g/mol. The second-order valence-corrected chi connectivity index (χ2v) is 3.51. The molecular formula is C11H11N5. The van der Waals surface area contributed by atoms with Gasteiger partial charge in [0, 0.05) is 0 Å². The summed E-state index contributed by atoms with van der Waals surface area (Å²) in [5, 5.41) is 20.6. The van der Waals surface area contributed by atoms with Gasteiger partial charge in [-0.3, -0.25) is 0 Å². The smallest absolute Gasteiger partial charge is 0.191 e. The molecule has 5 nitrogen and oxygen atoms in total. The van der Waals surface area contributed by atoms with Crippen LogP contribution in [0, 0.1) is 11.3 Å². The lowest BCUT2D eigenvalue weighted by molar-refractivity contribution is 0.570. The van der Waals surface area contributed by atoms with Crippen LogP contribution in [0.4, 0.5) is 0 Å². The topological polar surface area (TPSA) is 67.4 Å². The zero-order valence-corrected chi connectivity index (χ0v) is 8.91. The van der Waals surface area contributed by atoms with Crippen molar-refractivity contribution in [2.45, 2.75) is 19.4 Å². The van der Waals surface area contributed by atoms with E-state index < -0.39 is 0 Å². The Balaban J connectivity index is 2.12. The van der Waals surface area contributed by atoms with Gasteiger partial charge >= 0.3 is 0 Å². The summed E-state index contributed by atoms with van der Waals surface area (Å²) in [6.07, 6.45) is 0. The Hall–Kier alpha value is -2.22. The molecule has 0 N–H and O–H groups in total. The minimum absolute atomic E-state index is 0.315. The Bertz CT molecular complexity index is 497. The molecule has 0 aliphatic heterocycles. The van der Waals surface area contributed by atoms with Crippen LogP contribution in [0.3, 0.4) is 0 Å². The normalized spacial score (nSPS) is 12.0. The van der Waals surface area contributed by atoms with Crippen molar-refractivity contribution in [3.05, 3.63) is 41.7 Å². The van der Waals surface area contributed by atoms with Crippen LogP contribution in [0.1, 0.15) is 24.2 Å². The van der Waals surface area contributed by atoms with Crippen LogP contribution in [-0.4, -0.2) is 20.2 Å². The van der Waals surface area contributed by atoms with Gasteiger partial charge < -0.3 is 0 Å². The molecule has 2 aromatic rings. The molecule has 1 aromatic heterocycles. The third kappa shape index (κ3) is 2.23. The van der Waals surface area contributed by atoms with E-state index in [1.165, 1.54) is 4.80 Å². The molecule has 0 amide bonds. The largest absolute Gasteiger partial charge is 0.198 e. The number of tetrazole rings is 1. The van der Waals surface area contributed by atoms with Gasteiger partial charge in [-0.25, -0.2) is 0 Å². The lowest BCUT2D eigenvalue weighted by atomic mass is 10.2. The minimum atomic E-state index is -0.315. The van der Waals surface area contributed by atoms with Crippen molar-refractivity contribution >= 4 is 0 Å². The maximum absolute atomic E-state index is 8.72. The average Bonchev–Trinajstić information content (AvgIpc) is 2.78. The van der Waals surface area contributed by atoms with Crippen LogP contribution < -0.4 is 0 Å². The monoisotopic (exact) mass is 213 g/mol. The summed E-state index contributed by atoms with van der Waals surface area (Å²) in [4.78, 5) is 1.50. The fourth-order valence-corrected chi connectivity index (χ4v) is 1.30. The molecular weight excluding hydrogens is 202 g/mol. The Kier molecular flexibility index (Phi) is 2.92. The van der Waals surface area contributed by atoms with Crippen LogP contribution in [0.5, 0.6) is 0 Å². The molecule has 1 unspecified atom stereocenters. The molecule has 0 saturated carbocycles. The predicted molar refractivity (Wildman–Crippen MR) is 57.4 cm³/mol. The van der Waals surface area contributed by atoms with Gasteiger partial charge in [0.2, 0.25) is 0 Å². The van der Waals surface area contributed by atoms with E-state index in [-0.39, 0.29) is 5.92 Å². The van der Waals surface area contributed by atoms with Crippen LogP contribution in [0.2, 0.25) is 0 Å². The van der Waals surface area contributed by atoms with Crippen molar-refractivity contribution in [1.82, 2.24) is 20.2 Å². The number of aromatic nitrogens is 4. The van der Waals surface area contributed by atoms with E-state index in [1.807, 2.05) is 30.3 Å². The van der Waals surface area contributed by atoms with E-state index in [1.54, 1.807) is 6.92 Å². The highest BCUT2D eigenvalue weighted by Gasteiger charge is 2.10. The predicted octanol–water partition coefficient (Wildman–Crippen LogP) is 1.35. The summed E-state index contributed by atoms with van der Waals surface area (Å²) in [6.45, 7) is 2.33. The van der Waals surface area contributed by atoms with Gasteiger partial charge in [-0.15, -0.1) is 10.2 Å². The van der Waals surface area contributed by atoms with Gasteiger partial charge in [-0.2, -0.15) is 10.1 Å². The first kappa shape index (κ1) is 10.3. The molecule has 0 bridgehead atoms. The van der Waals surface area contributed by atoms with Crippen molar-refractivity contribution in [3.8, 4) is 6.07 Å². The SMILES string of the molecule is CC(C#N)c1nnn(Cc2ccccc2)n1. The lowest BCUT2D eigenvalue weighted by Gasteiger charge is -1.98. The van der Waals surface area contributed by atoms with Crippen molar-refractivity contribution in [3.63, 3.8) is 0 Å². The fourth-order valence-electron chi connectivity index (χ4n) is 1.30. The standard InChI is InChI=1S/C11H11N5/c1-9(7-12)11-13-15-16(14-11)8-10-5-3-2-4-6-10/h2-6,9H,8H2,1H3. The molecule has 1 atom stereocenters. The third-order valence-corrected chi connectivity index (χ3v) is 2.22. The number of nitrogens with zero attached hydrogens (tertiary/aromatic N) is 5. The number of hydrogen-bond acceptors (Lipinski definition) is 4. The quantitative estimate of drug-likeness (QED) is 0.771. The molecule has 1 heterocycles. The van der Waals surface area contributed by atoms with E-state index in [9.17, 15) is 0 Å². The molecule has 0 saturated heterocycles.